The van der Waals surface area contributed by atoms with Gasteiger partial charge in [-0.25, -0.2) is 19.3 Å². The number of alkyl halides is 1. The summed E-state index contributed by atoms with van der Waals surface area (Å²) in [6.07, 6.45) is -4.92. The van der Waals surface area contributed by atoms with E-state index in [0.29, 0.717) is 0 Å². The molecular weight excluding hydrogens is 588 g/mol. The highest BCUT2D eigenvalue weighted by molar-refractivity contribution is 8.09. The third-order valence-corrected chi connectivity index (χ3v) is 10.0. The van der Waals surface area contributed by atoms with Crippen molar-refractivity contribution in [3.8, 4) is 0 Å². The van der Waals surface area contributed by atoms with Crippen LogP contribution in [-0.2, 0) is 25.8 Å². The Hall–Kier alpha value is -3.23. The predicted octanol–water partition coefficient (Wildman–Crippen LogP) is -1.53. The van der Waals surface area contributed by atoms with E-state index >= 15 is 4.39 Å². The Morgan fingerprint density at radius 2 is 2.02 bits per heavy atom. The maximum Gasteiger partial charge on any atom is 0.280 e. The van der Waals surface area contributed by atoms with Gasteiger partial charge < -0.3 is 40.6 Å². The molecule has 21 heteroatoms. The lowest BCUT2D eigenvalue weighted by Gasteiger charge is -2.27. The molecule has 41 heavy (non-hydrogen) atoms. The largest absolute Gasteiger partial charge is 0.394 e. The molecule has 8 N–H and O–H groups in total. The molecule has 18 nitrogen and oxygen atoms in total. The highest BCUT2D eigenvalue weighted by Crippen LogP contribution is 2.57. The van der Waals surface area contributed by atoms with E-state index in [2.05, 4.69) is 35.2 Å². The van der Waals surface area contributed by atoms with Crippen molar-refractivity contribution in [3.05, 3.63) is 23.0 Å². The van der Waals surface area contributed by atoms with E-state index in [9.17, 15) is 19.9 Å². The molecular formula is C20H25FN11O7PS. The molecule has 0 aromatic carbocycles. The number of imidazole rings is 1. The smallest absolute Gasteiger partial charge is 0.280 e. The van der Waals surface area contributed by atoms with E-state index in [-0.39, 0.29) is 60.1 Å². The van der Waals surface area contributed by atoms with Gasteiger partial charge in [0, 0.05) is 6.42 Å². The molecule has 2 saturated heterocycles. The Morgan fingerprint density at radius 1 is 1.22 bits per heavy atom. The second-order valence-corrected chi connectivity index (χ2v) is 13.2. The lowest BCUT2D eigenvalue weighted by Crippen LogP contribution is -2.29. The average Bonchev–Trinajstić information content (AvgIpc) is 3.70. The maximum atomic E-state index is 15.1. The Kier molecular flexibility index (Phi) is 7.19. The van der Waals surface area contributed by atoms with Crippen LogP contribution < -0.4 is 17.0 Å². The molecule has 2 aliphatic rings. The van der Waals surface area contributed by atoms with Crippen LogP contribution in [0.15, 0.2) is 17.4 Å². The number of anilines is 2. The third kappa shape index (κ3) is 4.85. The van der Waals surface area contributed by atoms with E-state index in [1.165, 1.54) is 17.2 Å². The summed E-state index contributed by atoms with van der Waals surface area (Å²) in [5, 5.41) is 28.0. The number of halogens is 1. The number of hydrogen-bond acceptors (Lipinski definition) is 15. The van der Waals surface area contributed by atoms with E-state index in [4.69, 9.17) is 37.3 Å². The predicted molar refractivity (Wildman–Crippen MR) is 141 cm³/mol. The van der Waals surface area contributed by atoms with Crippen molar-refractivity contribution in [2.75, 3.05) is 24.7 Å². The minimum atomic E-state index is -3.67. The quantitative estimate of drug-likeness (QED) is 0.123. The molecule has 8 atom stereocenters. The van der Waals surface area contributed by atoms with Crippen molar-refractivity contribution in [2.45, 2.75) is 55.4 Å². The molecule has 6 rings (SSSR count). The molecule has 0 aliphatic carbocycles. The third-order valence-electron chi connectivity index (χ3n) is 7.02. The van der Waals surface area contributed by atoms with E-state index < -0.39 is 54.6 Å². The van der Waals surface area contributed by atoms with Gasteiger partial charge in [0.15, 0.2) is 47.0 Å². The summed E-state index contributed by atoms with van der Waals surface area (Å²) in [6, 6.07) is 0. The minimum absolute atomic E-state index is 0.00170. The Morgan fingerprint density at radius 3 is 2.80 bits per heavy atom. The van der Waals surface area contributed by atoms with Crippen LogP contribution in [0.1, 0.15) is 25.3 Å². The van der Waals surface area contributed by atoms with E-state index in [0.717, 1.165) is 4.68 Å². The Bertz CT molecular complexity index is 1700. The summed E-state index contributed by atoms with van der Waals surface area (Å²) < 4.78 is 34.9. The van der Waals surface area contributed by atoms with Crippen LogP contribution in [0.5, 0.6) is 0 Å². The van der Waals surface area contributed by atoms with Gasteiger partial charge in [0.05, 0.1) is 37.4 Å². The van der Waals surface area contributed by atoms with E-state index in [1.54, 1.807) is 0 Å². The topological polar surface area (TPSA) is 260 Å². The fourth-order valence-corrected chi connectivity index (χ4v) is 7.40. The number of hydrogen-bond donors (Lipinski definition) is 6. The number of aliphatic hydroxyl groups excluding tert-OH is 2. The van der Waals surface area contributed by atoms with Crippen LogP contribution in [0, 0.1) is 0 Å². The molecule has 6 heterocycles. The number of aromatic amines is 1. The van der Waals surface area contributed by atoms with Crippen LogP contribution in [-0.4, -0.2) is 103 Å². The van der Waals surface area contributed by atoms with Gasteiger partial charge in [-0.1, -0.05) is 5.21 Å². The molecule has 0 spiro atoms. The number of nitrogen functional groups attached to an aromatic ring is 2. The van der Waals surface area contributed by atoms with Gasteiger partial charge in [-0.2, -0.15) is 9.67 Å². The first-order valence-electron chi connectivity index (χ1n) is 12.3. The van der Waals surface area contributed by atoms with Crippen molar-refractivity contribution < 1.29 is 33.5 Å². The van der Waals surface area contributed by atoms with Crippen LogP contribution in [0.3, 0.4) is 0 Å². The number of H-pyrrole nitrogens is 1. The molecule has 4 aromatic rings. The summed E-state index contributed by atoms with van der Waals surface area (Å²) in [7, 11) is 0. The molecule has 2 fully saturated rings. The summed E-state index contributed by atoms with van der Waals surface area (Å²) in [6.45, 7) is -4.23. The number of aromatic nitrogens is 9. The van der Waals surface area contributed by atoms with Crippen molar-refractivity contribution in [2.24, 2.45) is 0 Å². The molecule has 2 aliphatic heterocycles. The monoisotopic (exact) mass is 613 g/mol. The molecule has 0 amide bonds. The molecule has 0 saturated carbocycles. The number of ether oxygens (including phenoxy) is 2. The summed E-state index contributed by atoms with van der Waals surface area (Å²) in [4.78, 5) is 41.9. The number of nitrogens with zero attached hydrogens (tertiary/aromatic N) is 8. The van der Waals surface area contributed by atoms with Gasteiger partial charge in [0.25, 0.3) is 5.56 Å². The Balaban J connectivity index is 1.16. The van der Waals surface area contributed by atoms with Crippen molar-refractivity contribution in [1.82, 2.24) is 44.5 Å². The minimum Gasteiger partial charge on any atom is -0.394 e. The fourth-order valence-electron chi connectivity index (χ4n) is 5.01. The van der Waals surface area contributed by atoms with Gasteiger partial charge in [0.1, 0.15) is 18.7 Å². The summed E-state index contributed by atoms with van der Waals surface area (Å²) >= 11 is 5.49. The zero-order valence-electron chi connectivity index (χ0n) is 21.0. The molecule has 1 unspecified atom stereocenters. The number of rotatable bonds is 8. The highest BCUT2D eigenvalue weighted by Gasteiger charge is 2.48. The number of nitrogens with one attached hydrogen (secondary N) is 1. The number of fused-ring (bicyclic) bond motifs is 2. The Labute approximate surface area is 233 Å². The maximum absolute atomic E-state index is 15.1. The van der Waals surface area contributed by atoms with Crippen molar-refractivity contribution in [1.29, 1.82) is 0 Å². The molecule has 220 valence electrons. The van der Waals surface area contributed by atoms with Crippen LogP contribution in [0.4, 0.5) is 16.2 Å². The normalized spacial score (nSPS) is 29.9. The average molecular weight is 614 g/mol. The van der Waals surface area contributed by atoms with Gasteiger partial charge in [-0.15, -0.1) is 5.10 Å². The summed E-state index contributed by atoms with van der Waals surface area (Å²) in [5.74, 6) is -0.0900. The van der Waals surface area contributed by atoms with Crippen molar-refractivity contribution in [3.63, 3.8) is 0 Å². The first-order valence-corrected chi connectivity index (χ1v) is 15.1. The lowest BCUT2D eigenvalue weighted by molar-refractivity contribution is -0.0372. The van der Waals surface area contributed by atoms with Crippen LogP contribution in [0.2, 0.25) is 0 Å². The molecule has 4 aromatic heterocycles. The number of aliphatic hydroxyl groups is 2. The fraction of sp³-hybridized carbons (Fsp3) is 0.550. The molecule has 0 radical (unpaired) electrons. The van der Waals surface area contributed by atoms with Crippen LogP contribution in [0.25, 0.3) is 22.3 Å². The van der Waals surface area contributed by atoms with Gasteiger partial charge in [0.2, 0.25) is 5.95 Å². The second-order valence-electron chi connectivity index (χ2n) is 9.56. The second kappa shape index (κ2) is 10.6. The first kappa shape index (κ1) is 27.9. The zero-order valence-corrected chi connectivity index (χ0v) is 22.7. The van der Waals surface area contributed by atoms with Gasteiger partial charge >= 0.3 is 0 Å². The van der Waals surface area contributed by atoms with Crippen LogP contribution >= 0.6 is 6.49 Å². The van der Waals surface area contributed by atoms with Gasteiger partial charge in [-0.3, -0.25) is 14.3 Å². The zero-order chi connectivity index (χ0) is 29.1. The highest BCUT2D eigenvalue weighted by atomic mass is 32.5. The molecule has 0 bridgehead atoms. The van der Waals surface area contributed by atoms with Gasteiger partial charge in [-0.05, 0) is 18.2 Å². The van der Waals surface area contributed by atoms with Crippen molar-refractivity contribution >= 4 is 52.4 Å². The summed E-state index contributed by atoms with van der Waals surface area (Å²) in [5.41, 5.74) is 10.5. The first-order chi connectivity index (χ1) is 19.6. The standard InChI is InChI=1S/C20H25FN11O7PS/c21-10-13(34)8(39-19(10)32-15-11(29-30-32)14(22)24-5-25-15)1-2-37-40(36,41)9-3-7(4-33)38-18(9)31-6-26-12-16(31)27-20(23)28-17(12)35/h5-10,13,18-19,33-34H,1-4H2,(H,36,41)(H2,22,24,25)(H3,23,27,28,35)/t7-,8+,9+,10-,13+,18+,19+,40?/m0/s1. The number of nitrogens with two attached hydrogens (primary N) is 2. The lowest BCUT2D eigenvalue weighted by atomic mass is 10.1. The SMILES string of the molecule is Nc1nc2c(ncn2[C@@H]2O[C@H](CO)C[C@H]2P(O)(=S)OCC[C@H]2O[C@@H](n3nnc4c(N)ncnc43)[C@@H](F)[C@@H]2O)c(=O)[nH]1. The van der Waals surface area contributed by atoms with E-state index in [1.807, 2.05) is 0 Å².